The monoisotopic (exact) mass is 300 g/mol. The van der Waals surface area contributed by atoms with Gasteiger partial charge < -0.3 is 9.53 Å². The lowest BCUT2D eigenvalue weighted by Crippen LogP contribution is -2.40. The van der Waals surface area contributed by atoms with Crippen LogP contribution in [0.3, 0.4) is 0 Å². The van der Waals surface area contributed by atoms with Gasteiger partial charge in [0.05, 0.1) is 12.2 Å². The van der Waals surface area contributed by atoms with Crippen molar-refractivity contribution in [2.45, 2.75) is 45.5 Å². The van der Waals surface area contributed by atoms with E-state index in [9.17, 15) is 9.90 Å². The van der Waals surface area contributed by atoms with Crippen LogP contribution in [0.5, 0.6) is 5.75 Å². The third kappa shape index (κ3) is 3.81. The van der Waals surface area contributed by atoms with E-state index in [1.807, 2.05) is 0 Å². The summed E-state index contributed by atoms with van der Waals surface area (Å²) >= 11 is 6.09. The Kier molecular flexibility index (Phi) is 4.82. The van der Waals surface area contributed by atoms with E-state index in [2.05, 4.69) is 33.9 Å². The summed E-state index contributed by atoms with van der Waals surface area (Å²) in [6.45, 7) is 11.1. The first-order chi connectivity index (χ1) is 8.58. The van der Waals surface area contributed by atoms with Crippen molar-refractivity contribution >= 4 is 26.2 Å². The zero-order chi connectivity index (χ0) is 14.8. The van der Waals surface area contributed by atoms with E-state index in [-0.39, 0.29) is 16.4 Å². The number of phenolic OH excluding ortho intramolecular Hbond substituents is 1. The highest BCUT2D eigenvalue weighted by Crippen LogP contribution is 2.37. The lowest BCUT2D eigenvalue weighted by Gasteiger charge is -2.36. The van der Waals surface area contributed by atoms with E-state index in [4.69, 9.17) is 16.0 Å². The minimum Gasteiger partial charge on any atom is -0.507 e. The van der Waals surface area contributed by atoms with E-state index in [0.717, 1.165) is 0 Å². The van der Waals surface area contributed by atoms with Crippen molar-refractivity contribution in [2.24, 2.45) is 0 Å². The standard InChI is InChI=1S/C14H21ClO3Si/c1-14(2,3)19(4,5)18-9-11-7-13(17)10(8-16)6-12(11)15/h6-8,17H,9H2,1-5H3. The molecule has 106 valence electrons. The van der Waals surface area contributed by atoms with Crippen molar-refractivity contribution in [3.63, 3.8) is 0 Å². The van der Waals surface area contributed by atoms with Crippen LogP contribution in [-0.4, -0.2) is 19.7 Å². The van der Waals surface area contributed by atoms with Crippen molar-refractivity contribution in [1.82, 2.24) is 0 Å². The molecule has 1 N–H and O–H groups in total. The van der Waals surface area contributed by atoms with E-state index in [0.29, 0.717) is 23.5 Å². The van der Waals surface area contributed by atoms with Gasteiger partial charge in [-0.15, -0.1) is 0 Å². The van der Waals surface area contributed by atoms with E-state index in [1.54, 1.807) is 0 Å². The lowest BCUT2D eigenvalue weighted by atomic mass is 10.1. The summed E-state index contributed by atoms with van der Waals surface area (Å²) in [6.07, 6.45) is 0.583. The Labute approximate surface area is 120 Å². The van der Waals surface area contributed by atoms with Gasteiger partial charge >= 0.3 is 0 Å². The van der Waals surface area contributed by atoms with Gasteiger partial charge in [-0.2, -0.15) is 0 Å². The number of phenols is 1. The number of halogens is 1. The highest BCUT2D eigenvalue weighted by Gasteiger charge is 2.37. The van der Waals surface area contributed by atoms with Gasteiger partial charge in [-0.05, 0) is 35.8 Å². The summed E-state index contributed by atoms with van der Waals surface area (Å²) in [4.78, 5) is 10.7. The molecule has 0 aliphatic rings. The van der Waals surface area contributed by atoms with Crippen LogP contribution in [0.4, 0.5) is 0 Å². The van der Waals surface area contributed by atoms with Crippen LogP contribution in [0.2, 0.25) is 23.2 Å². The van der Waals surface area contributed by atoms with Gasteiger partial charge in [0, 0.05) is 5.02 Å². The quantitative estimate of drug-likeness (QED) is 0.663. The van der Waals surface area contributed by atoms with Crippen LogP contribution in [0.1, 0.15) is 36.7 Å². The van der Waals surface area contributed by atoms with E-state index < -0.39 is 8.32 Å². The second-order valence-electron chi connectivity index (χ2n) is 6.17. The molecule has 5 heteroatoms. The Hall–Kier alpha value is -0.843. The summed E-state index contributed by atoms with van der Waals surface area (Å²) in [7, 11) is -1.86. The molecule has 0 radical (unpaired) electrons. The summed E-state index contributed by atoms with van der Waals surface area (Å²) < 4.78 is 6.04. The van der Waals surface area contributed by atoms with Gasteiger partial charge in [0.2, 0.25) is 0 Å². The van der Waals surface area contributed by atoms with Crippen molar-refractivity contribution in [2.75, 3.05) is 0 Å². The topological polar surface area (TPSA) is 46.5 Å². The minimum atomic E-state index is -1.86. The smallest absolute Gasteiger partial charge is 0.192 e. The molecule has 1 rings (SSSR count). The highest BCUT2D eigenvalue weighted by atomic mass is 35.5. The number of hydrogen-bond donors (Lipinski definition) is 1. The van der Waals surface area contributed by atoms with Gasteiger partial charge in [0.25, 0.3) is 0 Å². The van der Waals surface area contributed by atoms with Crippen LogP contribution in [0, 0.1) is 0 Å². The lowest BCUT2D eigenvalue weighted by molar-refractivity contribution is 0.112. The fraction of sp³-hybridized carbons (Fsp3) is 0.500. The zero-order valence-electron chi connectivity index (χ0n) is 12.1. The Balaban J connectivity index is 2.90. The molecular formula is C14H21ClO3Si. The maximum absolute atomic E-state index is 10.7. The van der Waals surface area contributed by atoms with Crippen molar-refractivity contribution in [1.29, 1.82) is 0 Å². The molecule has 0 aliphatic heterocycles. The molecular weight excluding hydrogens is 280 g/mol. The maximum Gasteiger partial charge on any atom is 0.192 e. The van der Waals surface area contributed by atoms with Gasteiger partial charge in [-0.3, -0.25) is 4.79 Å². The van der Waals surface area contributed by atoms with Gasteiger partial charge in [-0.1, -0.05) is 32.4 Å². The van der Waals surface area contributed by atoms with Crippen LogP contribution in [-0.2, 0) is 11.0 Å². The molecule has 0 spiro atoms. The summed E-state index contributed by atoms with van der Waals surface area (Å²) in [6, 6.07) is 2.97. The third-order valence-corrected chi connectivity index (χ3v) is 8.55. The summed E-state index contributed by atoms with van der Waals surface area (Å²) in [5, 5.41) is 10.2. The summed E-state index contributed by atoms with van der Waals surface area (Å²) in [5.41, 5.74) is 0.899. The van der Waals surface area contributed by atoms with Gasteiger partial charge in [-0.25, -0.2) is 0 Å². The molecule has 0 saturated heterocycles. The molecule has 1 aromatic rings. The minimum absolute atomic E-state index is 0.0618. The molecule has 0 aliphatic carbocycles. The second-order valence-corrected chi connectivity index (χ2v) is 11.4. The SMILES string of the molecule is CC(C)(C)[Si](C)(C)OCc1cc(O)c(C=O)cc1Cl. The molecule has 0 aromatic heterocycles. The van der Waals surface area contributed by atoms with Crippen molar-refractivity contribution in [3.8, 4) is 5.75 Å². The fourth-order valence-corrected chi connectivity index (χ4v) is 2.48. The predicted octanol–water partition coefficient (Wildman–Crippen LogP) is 4.38. The van der Waals surface area contributed by atoms with Gasteiger partial charge in [0.15, 0.2) is 14.6 Å². The summed E-state index contributed by atoms with van der Waals surface area (Å²) in [5.74, 6) is -0.0618. The Morgan fingerprint density at radius 2 is 1.95 bits per heavy atom. The fourth-order valence-electron chi connectivity index (χ4n) is 1.30. The number of aldehydes is 1. The van der Waals surface area contributed by atoms with E-state index >= 15 is 0 Å². The first-order valence-electron chi connectivity index (χ1n) is 6.19. The van der Waals surface area contributed by atoms with Crippen LogP contribution in [0.25, 0.3) is 0 Å². The van der Waals surface area contributed by atoms with Crippen LogP contribution < -0.4 is 0 Å². The van der Waals surface area contributed by atoms with Crippen molar-refractivity contribution in [3.05, 3.63) is 28.3 Å². The molecule has 0 saturated carbocycles. The molecule has 0 bridgehead atoms. The van der Waals surface area contributed by atoms with Crippen molar-refractivity contribution < 1.29 is 14.3 Å². The number of aromatic hydroxyl groups is 1. The number of carbonyl (C=O) groups is 1. The number of rotatable bonds is 4. The largest absolute Gasteiger partial charge is 0.507 e. The molecule has 19 heavy (non-hydrogen) atoms. The average Bonchev–Trinajstić information content (AvgIpc) is 2.28. The Morgan fingerprint density at radius 1 is 1.37 bits per heavy atom. The normalized spacial score (nSPS) is 12.5. The third-order valence-electron chi connectivity index (χ3n) is 3.72. The second kappa shape index (κ2) is 5.65. The number of hydrogen-bond acceptors (Lipinski definition) is 3. The Morgan fingerprint density at radius 3 is 2.42 bits per heavy atom. The first kappa shape index (κ1) is 16.2. The molecule has 0 fully saturated rings. The molecule has 0 heterocycles. The molecule has 1 aromatic carbocycles. The molecule has 0 unspecified atom stereocenters. The predicted molar refractivity (Wildman–Crippen MR) is 80.5 cm³/mol. The Bertz CT molecular complexity index is 478. The van der Waals surface area contributed by atoms with Crippen LogP contribution >= 0.6 is 11.6 Å². The zero-order valence-corrected chi connectivity index (χ0v) is 13.8. The van der Waals surface area contributed by atoms with E-state index in [1.165, 1.54) is 12.1 Å². The first-order valence-corrected chi connectivity index (χ1v) is 9.47. The molecule has 3 nitrogen and oxygen atoms in total. The van der Waals surface area contributed by atoms with Gasteiger partial charge in [0.1, 0.15) is 5.75 Å². The highest BCUT2D eigenvalue weighted by molar-refractivity contribution is 6.74. The maximum atomic E-state index is 10.7. The number of benzene rings is 1. The number of carbonyl (C=O) groups excluding carboxylic acids is 1. The average molecular weight is 301 g/mol. The molecule has 0 amide bonds. The molecule has 0 atom stereocenters. The van der Waals surface area contributed by atoms with Crippen LogP contribution in [0.15, 0.2) is 12.1 Å².